The number of carbonyl (C=O) groups excluding carboxylic acids is 2. The SMILES string of the molecule is CCCCCC(C)NC(=O)CNC(CC(C)C)C(=O)OC. The predicted molar refractivity (Wildman–Crippen MR) is 85.0 cm³/mol. The lowest BCUT2D eigenvalue weighted by Gasteiger charge is -2.19. The predicted octanol–water partition coefficient (Wildman–Crippen LogP) is 2.25. The smallest absolute Gasteiger partial charge is 0.322 e. The third kappa shape index (κ3) is 10.3. The van der Waals surface area contributed by atoms with Gasteiger partial charge in [0.25, 0.3) is 0 Å². The molecule has 2 unspecified atom stereocenters. The lowest BCUT2D eigenvalue weighted by molar-refractivity contribution is -0.143. The van der Waals surface area contributed by atoms with E-state index in [-0.39, 0.29) is 24.5 Å². The number of methoxy groups -OCH3 is 1. The fraction of sp³-hybridized carbons (Fsp3) is 0.875. The number of unbranched alkanes of at least 4 members (excludes halogenated alkanes) is 2. The highest BCUT2D eigenvalue weighted by Gasteiger charge is 2.21. The molecule has 0 saturated carbocycles. The maximum atomic E-state index is 11.9. The normalized spacial score (nSPS) is 13.8. The van der Waals surface area contributed by atoms with Gasteiger partial charge in [-0.2, -0.15) is 0 Å². The molecule has 0 aromatic carbocycles. The third-order valence-electron chi connectivity index (χ3n) is 3.35. The second kappa shape index (κ2) is 11.5. The van der Waals surface area contributed by atoms with Gasteiger partial charge in [0.1, 0.15) is 6.04 Å². The maximum absolute atomic E-state index is 11.9. The van der Waals surface area contributed by atoms with Gasteiger partial charge in [-0.05, 0) is 25.7 Å². The van der Waals surface area contributed by atoms with Crippen LogP contribution in [0.2, 0.25) is 0 Å². The summed E-state index contributed by atoms with van der Waals surface area (Å²) in [6.07, 6.45) is 5.15. The van der Waals surface area contributed by atoms with Gasteiger partial charge in [0.2, 0.25) is 5.91 Å². The molecule has 5 heteroatoms. The molecule has 0 radical (unpaired) electrons. The van der Waals surface area contributed by atoms with Crippen molar-refractivity contribution in [3.05, 3.63) is 0 Å². The Morgan fingerprint density at radius 1 is 1.14 bits per heavy atom. The van der Waals surface area contributed by atoms with E-state index in [2.05, 4.69) is 17.6 Å². The molecule has 21 heavy (non-hydrogen) atoms. The Hall–Kier alpha value is -1.10. The summed E-state index contributed by atoms with van der Waals surface area (Å²) in [5, 5.41) is 5.94. The van der Waals surface area contributed by atoms with Crippen LogP contribution < -0.4 is 10.6 Å². The van der Waals surface area contributed by atoms with E-state index in [1.54, 1.807) is 0 Å². The van der Waals surface area contributed by atoms with E-state index in [0.29, 0.717) is 12.3 Å². The highest BCUT2D eigenvalue weighted by molar-refractivity contribution is 5.80. The van der Waals surface area contributed by atoms with E-state index in [0.717, 1.165) is 12.8 Å². The summed E-state index contributed by atoms with van der Waals surface area (Å²) in [4.78, 5) is 23.5. The molecule has 5 nitrogen and oxygen atoms in total. The molecular formula is C16H32N2O3. The van der Waals surface area contributed by atoms with Crippen LogP contribution >= 0.6 is 0 Å². The van der Waals surface area contributed by atoms with Crippen LogP contribution in [0.5, 0.6) is 0 Å². The molecule has 0 saturated heterocycles. The average Bonchev–Trinajstić information content (AvgIpc) is 2.42. The van der Waals surface area contributed by atoms with Crippen molar-refractivity contribution in [1.29, 1.82) is 0 Å². The minimum absolute atomic E-state index is 0.0725. The van der Waals surface area contributed by atoms with E-state index < -0.39 is 6.04 Å². The Kier molecular flexibility index (Phi) is 10.9. The first-order valence-corrected chi connectivity index (χ1v) is 8.01. The molecule has 2 N–H and O–H groups in total. The largest absolute Gasteiger partial charge is 0.468 e. The fourth-order valence-electron chi connectivity index (χ4n) is 2.19. The topological polar surface area (TPSA) is 67.4 Å². The van der Waals surface area contributed by atoms with E-state index in [4.69, 9.17) is 4.74 Å². The van der Waals surface area contributed by atoms with Crippen molar-refractivity contribution >= 4 is 11.9 Å². The molecule has 0 rings (SSSR count). The monoisotopic (exact) mass is 300 g/mol. The van der Waals surface area contributed by atoms with E-state index in [9.17, 15) is 9.59 Å². The highest BCUT2D eigenvalue weighted by atomic mass is 16.5. The van der Waals surface area contributed by atoms with Crippen LogP contribution in [-0.2, 0) is 14.3 Å². The first-order valence-electron chi connectivity index (χ1n) is 8.01. The fourth-order valence-corrected chi connectivity index (χ4v) is 2.19. The number of esters is 1. The highest BCUT2D eigenvalue weighted by Crippen LogP contribution is 2.06. The van der Waals surface area contributed by atoms with Crippen LogP contribution in [0.1, 0.15) is 59.8 Å². The summed E-state index contributed by atoms with van der Waals surface area (Å²) in [7, 11) is 1.37. The van der Waals surface area contributed by atoms with Crippen LogP contribution in [0.4, 0.5) is 0 Å². The van der Waals surface area contributed by atoms with Crippen molar-refractivity contribution in [2.75, 3.05) is 13.7 Å². The van der Waals surface area contributed by atoms with Crippen molar-refractivity contribution in [3.8, 4) is 0 Å². The molecule has 0 spiro atoms. The van der Waals surface area contributed by atoms with E-state index in [1.165, 1.54) is 20.0 Å². The van der Waals surface area contributed by atoms with Crippen LogP contribution in [-0.4, -0.2) is 37.6 Å². The molecule has 0 aliphatic heterocycles. The molecule has 0 aromatic rings. The molecule has 0 bridgehead atoms. The van der Waals surface area contributed by atoms with Crippen LogP contribution in [0.3, 0.4) is 0 Å². The van der Waals surface area contributed by atoms with Gasteiger partial charge in [0.05, 0.1) is 13.7 Å². The summed E-state index contributed by atoms with van der Waals surface area (Å²) in [5.41, 5.74) is 0. The van der Waals surface area contributed by atoms with E-state index >= 15 is 0 Å². The lowest BCUT2D eigenvalue weighted by Crippen LogP contribution is -2.45. The van der Waals surface area contributed by atoms with Crippen LogP contribution in [0, 0.1) is 5.92 Å². The zero-order valence-electron chi connectivity index (χ0n) is 14.2. The summed E-state index contributed by atoms with van der Waals surface area (Å²) in [6, 6.07) is -0.247. The van der Waals surface area contributed by atoms with Gasteiger partial charge in [-0.1, -0.05) is 40.0 Å². The summed E-state index contributed by atoms with van der Waals surface area (Å²) in [6.45, 7) is 8.39. The van der Waals surface area contributed by atoms with Gasteiger partial charge < -0.3 is 10.1 Å². The first kappa shape index (κ1) is 19.9. The Bertz CT molecular complexity index is 306. The van der Waals surface area contributed by atoms with Crippen molar-refractivity contribution < 1.29 is 14.3 Å². The van der Waals surface area contributed by atoms with Gasteiger partial charge >= 0.3 is 5.97 Å². The molecular weight excluding hydrogens is 268 g/mol. The Morgan fingerprint density at radius 3 is 2.33 bits per heavy atom. The van der Waals surface area contributed by atoms with Crippen molar-refractivity contribution in [2.24, 2.45) is 5.92 Å². The van der Waals surface area contributed by atoms with Crippen LogP contribution in [0.15, 0.2) is 0 Å². The maximum Gasteiger partial charge on any atom is 0.322 e. The van der Waals surface area contributed by atoms with Crippen molar-refractivity contribution in [1.82, 2.24) is 10.6 Å². The number of rotatable bonds is 11. The zero-order valence-corrected chi connectivity index (χ0v) is 14.2. The molecule has 0 aromatic heterocycles. The second-order valence-corrected chi connectivity index (χ2v) is 6.05. The second-order valence-electron chi connectivity index (χ2n) is 6.05. The summed E-state index contributed by atoms with van der Waals surface area (Å²) in [5.74, 6) is -0.0261. The van der Waals surface area contributed by atoms with Gasteiger partial charge in [-0.3, -0.25) is 14.9 Å². The number of amides is 1. The van der Waals surface area contributed by atoms with Crippen molar-refractivity contribution in [3.63, 3.8) is 0 Å². The Morgan fingerprint density at radius 2 is 1.81 bits per heavy atom. The average molecular weight is 300 g/mol. The van der Waals surface area contributed by atoms with Gasteiger partial charge in [-0.15, -0.1) is 0 Å². The number of hydrogen-bond acceptors (Lipinski definition) is 4. The third-order valence-corrected chi connectivity index (χ3v) is 3.35. The van der Waals surface area contributed by atoms with E-state index in [1.807, 2.05) is 20.8 Å². The van der Waals surface area contributed by atoms with Gasteiger partial charge in [0.15, 0.2) is 0 Å². The number of hydrogen-bond donors (Lipinski definition) is 2. The lowest BCUT2D eigenvalue weighted by atomic mass is 10.0. The molecule has 0 aliphatic carbocycles. The summed E-state index contributed by atoms with van der Waals surface area (Å²) >= 11 is 0. The number of ether oxygens (including phenoxy) is 1. The molecule has 0 fully saturated rings. The standard InChI is InChI=1S/C16H32N2O3/c1-6-7-8-9-13(4)18-15(19)11-17-14(10-12(2)3)16(20)21-5/h12-14,17H,6-11H2,1-5H3,(H,18,19). The zero-order chi connectivity index (χ0) is 16.3. The molecule has 124 valence electrons. The van der Waals surface area contributed by atoms with Gasteiger partial charge in [-0.25, -0.2) is 0 Å². The van der Waals surface area contributed by atoms with Crippen LogP contribution in [0.25, 0.3) is 0 Å². The molecule has 0 heterocycles. The number of carbonyl (C=O) groups is 2. The summed E-state index contributed by atoms with van der Waals surface area (Å²) < 4.78 is 4.76. The Labute approximate surface area is 129 Å². The minimum atomic E-state index is -0.420. The van der Waals surface area contributed by atoms with Crippen molar-refractivity contribution in [2.45, 2.75) is 71.9 Å². The van der Waals surface area contributed by atoms with Gasteiger partial charge in [0, 0.05) is 6.04 Å². The quantitative estimate of drug-likeness (QED) is 0.454. The molecule has 2 atom stereocenters. The number of nitrogens with one attached hydrogen (secondary N) is 2. The Balaban J connectivity index is 4.09. The molecule has 1 amide bonds. The first-order chi connectivity index (χ1) is 9.90. The minimum Gasteiger partial charge on any atom is -0.468 e. The molecule has 0 aliphatic rings.